The molecular weight excluding hydrogens is 508 g/mol. The topological polar surface area (TPSA) is 123 Å². The average Bonchev–Trinajstić information content (AvgIpc) is 2.93. The number of amidine groups is 1. The van der Waals surface area contributed by atoms with E-state index in [0.717, 1.165) is 40.9 Å². The molecule has 3 N–H and O–H groups in total. The minimum atomic E-state index is -0.690. The van der Waals surface area contributed by atoms with Gasteiger partial charge in [-0.15, -0.1) is 0 Å². The highest BCUT2D eigenvalue weighted by atomic mass is 16.5. The molecule has 0 aromatic heterocycles. The Morgan fingerprint density at radius 1 is 1.00 bits per heavy atom. The number of hydrogen-bond acceptors (Lipinski definition) is 6. The molecule has 0 saturated carbocycles. The lowest BCUT2D eigenvalue weighted by molar-refractivity contribution is -0.144. The van der Waals surface area contributed by atoms with Crippen LogP contribution in [0.25, 0.3) is 0 Å². The summed E-state index contributed by atoms with van der Waals surface area (Å²) in [5.74, 6) is 5.94. The normalized spacial score (nSPS) is 10.8. The van der Waals surface area contributed by atoms with Crippen LogP contribution in [0.4, 0.5) is 16.2 Å². The number of aryl methyl sites for hydroxylation is 2. The van der Waals surface area contributed by atoms with Crippen molar-refractivity contribution in [2.45, 2.75) is 60.3 Å². The number of unbranched alkanes of at least 4 members (excludes halogenated alkanes) is 1. The number of esters is 1. The molecule has 2 amide bonds. The van der Waals surface area contributed by atoms with Gasteiger partial charge >= 0.3 is 12.1 Å². The predicted octanol–water partition coefficient (Wildman–Crippen LogP) is 5.11. The van der Waals surface area contributed by atoms with Crippen LogP contribution in [-0.4, -0.2) is 50.1 Å². The number of anilines is 2. The van der Waals surface area contributed by atoms with E-state index in [2.05, 4.69) is 22.2 Å². The lowest BCUT2D eigenvalue weighted by Crippen LogP contribution is -2.31. The monoisotopic (exact) mass is 548 g/mol. The molecule has 9 nitrogen and oxygen atoms in total. The number of nitrogens with one attached hydrogen (secondary N) is 1. The van der Waals surface area contributed by atoms with Crippen LogP contribution in [0.15, 0.2) is 41.4 Å². The Labute approximate surface area is 237 Å². The standard InChI is InChI=1S/C31H40N4O5/c1-6-9-19-40-31(38)34-30(32)24-12-14-26(15-13-24)33-18-10-11-25-20-23(5)27(21-22(25)4)35(7-2)28(36)16-17-29(37)39-8-3/h12-15,20-21,33H,6-9,16-19H2,1-5H3,(H2,32,34,38). The smallest absolute Gasteiger partial charge is 0.435 e. The number of hydrogen-bond donors (Lipinski definition) is 2. The summed E-state index contributed by atoms with van der Waals surface area (Å²) < 4.78 is 9.94. The number of ether oxygens (including phenoxy) is 2. The van der Waals surface area contributed by atoms with Crippen molar-refractivity contribution >= 4 is 35.2 Å². The summed E-state index contributed by atoms with van der Waals surface area (Å²) in [7, 11) is 0. The molecule has 2 rings (SSSR count). The van der Waals surface area contributed by atoms with E-state index < -0.39 is 6.09 Å². The molecule has 0 aliphatic carbocycles. The van der Waals surface area contributed by atoms with Crippen LogP contribution < -0.4 is 16.0 Å². The van der Waals surface area contributed by atoms with Gasteiger partial charge in [0.05, 0.1) is 26.2 Å². The van der Waals surface area contributed by atoms with Gasteiger partial charge in [0.2, 0.25) is 5.91 Å². The van der Waals surface area contributed by atoms with Gasteiger partial charge in [-0.3, -0.25) is 9.59 Å². The van der Waals surface area contributed by atoms with Gasteiger partial charge in [-0.1, -0.05) is 25.2 Å². The van der Waals surface area contributed by atoms with Crippen LogP contribution in [0.1, 0.15) is 68.7 Å². The van der Waals surface area contributed by atoms with Gasteiger partial charge in [-0.05, 0) is 81.6 Å². The summed E-state index contributed by atoms with van der Waals surface area (Å²) in [5.41, 5.74) is 11.0. The largest absolute Gasteiger partial charge is 0.466 e. The molecule has 214 valence electrons. The fraction of sp³-hybridized carbons (Fsp3) is 0.419. The van der Waals surface area contributed by atoms with E-state index in [1.54, 1.807) is 24.0 Å². The number of amides is 2. The average molecular weight is 549 g/mol. The summed E-state index contributed by atoms with van der Waals surface area (Å²) in [4.78, 5) is 41.6. The predicted molar refractivity (Wildman–Crippen MR) is 159 cm³/mol. The van der Waals surface area contributed by atoms with Crippen molar-refractivity contribution in [2.24, 2.45) is 10.7 Å². The highest BCUT2D eigenvalue weighted by Crippen LogP contribution is 2.25. The van der Waals surface area contributed by atoms with Gasteiger partial charge in [-0.2, -0.15) is 4.99 Å². The Balaban J connectivity index is 1.99. The van der Waals surface area contributed by atoms with E-state index in [1.807, 2.05) is 52.0 Å². The number of aliphatic imine (C=N–C) groups is 1. The van der Waals surface area contributed by atoms with Crippen molar-refractivity contribution < 1.29 is 23.9 Å². The third-order valence-electron chi connectivity index (χ3n) is 6.02. The number of nitrogens with zero attached hydrogens (tertiary/aromatic N) is 2. The molecule has 0 aliphatic rings. The Morgan fingerprint density at radius 2 is 1.73 bits per heavy atom. The molecule has 2 aromatic carbocycles. The first-order valence-electron chi connectivity index (χ1n) is 13.6. The SMILES string of the molecule is CCCCOC(=O)N=C(N)c1ccc(NCC#Cc2cc(C)c(N(CC)C(=O)CCC(=O)OCC)cc2C)cc1. The number of benzene rings is 2. The third kappa shape index (κ3) is 10.1. The van der Waals surface area contributed by atoms with E-state index in [1.165, 1.54) is 0 Å². The van der Waals surface area contributed by atoms with E-state index in [4.69, 9.17) is 15.2 Å². The van der Waals surface area contributed by atoms with Crippen molar-refractivity contribution in [3.05, 3.63) is 58.7 Å². The van der Waals surface area contributed by atoms with E-state index in [0.29, 0.717) is 31.9 Å². The highest BCUT2D eigenvalue weighted by molar-refractivity contribution is 6.03. The third-order valence-corrected chi connectivity index (χ3v) is 6.02. The number of rotatable bonds is 12. The molecule has 0 spiro atoms. The summed E-state index contributed by atoms with van der Waals surface area (Å²) in [5, 5.41) is 3.24. The highest BCUT2D eigenvalue weighted by Gasteiger charge is 2.18. The van der Waals surface area contributed by atoms with E-state index in [-0.39, 0.29) is 30.6 Å². The molecular formula is C31H40N4O5. The van der Waals surface area contributed by atoms with Crippen LogP contribution >= 0.6 is 0 Å². The Kier molecular flexibility index (Phi) is 13.2. The molecule has 9 heteroatoms. The molecule has 0 aliphatic heterocycles. The maximum atomic E-state index is 12.8. The second kappa shape index (κ2) is 16.6. The van der Waals surface area contributed by atoms with Crippen molar-refractivity contribution in [3.8, 4) is 11.8 Å². The van der Waals surface area contributed by atoms with E-state index in [9.17, 15) is 14.4 Å². The van der Waals surface area contributed by atoms with Crippen LogP contribution in [0.2, 0.25) is 0 Å². The van der Waals surface area contributed by atoms with Crippen LogP contribution in [0.3, 0.4) is 0 Å². The number of nitrogens with two attached hydrogens (primary N) is 1. The van der Waals surface area contributed by atoms with Gasteiger partial charge in [0.25, 0.3) is 0 Å². The zero-order chi connectivity index (χ0) is 29.5. The summed E-state index contributed by atoms with van der Waals surface area (Å²) in [6, 6.07) is 11.2. The van der Waals surface area contributed by atoms with Gasteiger partial charge in [0.1, 0.15) is 5.84 Å². The second-order valence-corrected chi connectivity index (χ2v) is 9.09. The first kappa shape index (κ1) is 31.9. The molecule has 0 saturated heterocycles. The quantitative estimate of drug-likeness (QED) is 0.124. The molecule has 0 fully saturated rings. The number of carbonyl (C=O) groups is 3. The molecule has 0 radical (unpaired) electrons. The zero-order valence-corrected chi connectivity index (χ0v) is 24.1. The molecule has 0 heterocycles. The van der Waals surface area contributed by atoms with Crippen molar-refractivity contribution in [1.82, 2.24) is 0 Å². The first-order valence-corrected chi connectivity index (χ1v) is 13.6. The Bertz CT molecular complexity index is 1260. The summed E-state index contributed by atoms with van der Waals surface area (Å²) in [6.07, 6.45) is 1.19. The minimum Gasteiger partial charge on any atom is -0.466 e. The Hall–Kier alpha value is -4.32. The van der Waals surface area contributed by atoms with Crippen LogP contribution in [0, 0.1) is 25.7 Å². The Morgan fingerprint density at radius 3 is 2.38 bits per heavy atom. The molecule has 40 heavy (non-hydrogen) atoms. The first-order chi connectivity index (χ1) is 19.2. The molecule has 0 bridgehead atoms. The summed E-state index contributed by atoms with van der Waals surface area (Å²) >= 11 is 0. The van der Waals surface area contributed by atoms with Crippen LogP contribution in [0.5, 0.6) is 0 Å². The van der Waals surface area contributed by atoms with Gasteiger partial charge in [0.15, 0.2) is 0 Å². The van der Waals surface area contributed by atoms with Crippen molar-refractivity contribution in [3.63, 3.8) is 0 Å². The van der Waals surface area contributed by atoms with Gasteiger partial charge in [0, 0.05) is 35.5 Å². The second-order valence-electron chi connectivity index (χ2n) is 9.09. The van der Waals surface area contributed by atoms with Crippen molar-refractivity contribution in [2.75, 3.05) is 36.5 Å². The fourth-order valence-electron chi connectivity index (χ4n) is 3.83. The molecule has 0 atom stereocenters. The lowest BCUT2D eigenvalue weighted by Gasteiger charge is -2.24. The summed E-state index contributed by atoms with van der Waals surface area (Å²) in [6.45, 7) is 11.1. The molecule has 2 aromatic rings. The maximum Gasteiger partial charge on any atom is 0.435 e. The number of carbonyl (C=O) groups excluding carboxylic acids is 3. The van der Waals surface area contributed by atoms with Gasteiger partial charge in [-0.25, -0.2) is 4.79 Å². The fourth-order valence-corrected chi connectivity index (χ4v) is 3.83. The van der Waals surface area contributed by atoms with Crippen molar-refractivity contribution in [1.29, 1.82) is 0 Å². The molecule has 0 unspecified atom stereocenters. The zero-order valence-electron chi connectivity index (χ0n) is 24.1. The maximum absolute atomic E-state index is 12.8. The lowest BCUT2D eigenvalue weighted by atomic mass is 10.0. The van der Waals surface area contributed by atoms with E-state index >= 15 is 0 Å². The van der Waals surface area contributed by atoms with Gasteiger partial charge < -0.3 is 25.4 Å². The van der Waals surface area contributed by atoms with Crippen LogP contribution in [-0.2, 0) is 19.1 Å². The minimum absolute atomic E-state index is 0.0647.